The molecule has 4 aliphatic rings. The maximum Gasteiger partial charge on any atom is 0.319 e. The van der Waals surface area contributed by atoms with Crippen molar-refractivity contribution in [3.8, 4) is 29.6 Å². The lowest BCUT2D eigenvalue weighted by atomic mass is 9.92. The molecule has 4 saturated heterocycles. The first-order valence-electron chi connectivity index (χ1n) is 15.3. The van der Waals surface area contributed by atoms with Gasteiger partial charge < -0.3 is 20.7 Å². The normalized spacial score (nSPS) is 22.4. The van der Waals surface area contributed by atoms with Gasteiger partial charge in [0.15, 0.2) is 11.6 Å². The average molecular weight is 606 g/mol. The van der Waals surface area contributed by atoms with Crippen LogP contribution < -0.4 is 20.7 Å². The highest BCUT2D eigenvalue weighted by atomic mass is 19.1. The van der Waals surface area contributed by atoms with E-state index in [0.29, 0.717) is 59.3 Å². The number of anilines is 2. The van der Waals surface area contributed by atoms with Gasteiger partial charge in [-0.25, -0.2) is 8.78 Å². The Morgan fingerprint density at radius 1 is 1.09 bits per heavy atom. The van der Waals surface area contributed by atoms with Crippen LogP contribution in [0, 0.1) is 24.0 Å². The molecule has 8 rings (SSSR count). The number of hydrogen-bond acceptors (Lipinski definition) is 8. The van der Waals surface area contributed by atoms with Gasteiger partial charge in [-0.15, -0.1) is 6.42 Å². The minimum atomic E-state index is -0.792. The number of hydrogen-bond donors (Lipinski definition) is 2. The maximum absolute atomic E-state index is 16.9. The van der Waals surface area contributed by atoms with Crippen molar-refractivity contribution in [2.75, 3.05) is 43.4 Å². The van der Waals surface area contributed by atoms with E-state index in [1.54, 1.807) is 18.2 Å². The smallest absolute Gasteiger partial charge is 0.319 e. The third-order valence-electron chi connectivity index (χ3n) is 9.81. The number of nitrogens with zero attached hydrogens (tertiary/aromatic N) is 5. The monoisotopic (exact) mass is 605 g/mol. The van der Waals surface area contributed by atoms with Crippen molar-refractivity contribution in [3.63, 3.8) is 0 Å². The van der Waals surface area contributed by atoms with Crippen LogP contribution in [-0.2, 0) is 0 Å². The highest BCUT2D eigenvalue weighted by Crippen LogP contribution is 2.44. The van der Waals surface area contributed by atoms with Crippen molar-refractivity contribution in [2.45, 2.75) is 43.3 Å². The molecule has 4 aromatic rings. The summed E-state index contributed by atoms with van der Waals surface area (Å²) in [5.41, 5.74) is 8.04. The molecule has 45 heavy (non-hydrogen) atoms. The van der Waals surface area contributed by atoms with E-state index in [9.17, 15) is 0 Å². The van der Waals surface area contributed by atoms with Gasteiger partial charge in [-0.05, 0) is 43.2 Å². The van der Waals surface area contributed by atoms with Crippen LogP contribution in [0.4, 0.5) is 20.3 Å². The lowest BCUT2D eigenvalue weighted by Crippen LogP contribution is -2.51. The molecule has 2 atom stereocenters. The maximum atomic E-state index is 16.9. The number of rotatable bonds is 5. The molecule has 0 amide bonds. The van der Waals surface area contributed by atoms with Crippen LogP contribution in [-0.4, -0.2) is 70.3 Å². The Balaban J connectivity index is 1.29. The van der Waals surface area contributed by atoms with Crippen LogP contribution in [0.3, 0.4) is 0 Å². The lowest BCUT2D eigenvalue weighted by molar-refractivity contribution is 0.108. The molecule has 2 aromatic carbocycles. The number of nitrogens with one attached hydrogen (secondary N) is 1. The molecule has 4 aliphatic heterocycles. The number of pyridine rings is 1. The first kappa shape index (κ1) is 27.9. The summed E-state index contributed by atoms with van der Waals surface area (Å²) in [7, 11) is 0. The number of terminal acetylenes is 1. The van der Waals surface area contributed by atoms with Crippen LogP contribution in [0.15, 0.2) is 54.8 Å². The topological polar surface area (TPSA) is 92.4 Å². The molecule has 0 radical (unpaired) electrons. The van der Waals surface area contributed by atoms with E-state index < -0.39 is 11.6 Å². The molecule has 2 aromatic heterocycles. The van der Waals surface area contributed by atoms with Gasteiger partial charge in [0.25, 0.3) is 0 Å². The fraction of sp³-hybridized carbons (Fsp3) is 0.343. The van der Waals surface area contributed by atoms with E-state index in [-0.39, 0.29) is 34.0 Å². The standard InChI is InChI=1S/C35H33F2N7O/c1-4-21-6-5-7-22-10-26(38)29(36)28(27(21)22)32-30(37)31-25(13-39-32)33(43-16-23-8-9-24(17-43)40-23)42-34(41-31)45-18-35-11-19(2)14-44(35)15-20(3)12-35/h1,5-7,10,13,23-24,40H,2-3,8-9,11-12,14-18,38H2/t23-,24+. The van der Waals surface area contributed by atoms with Gasteiger partial charge in [-0.3, -0.25) is 9.88 Å². The molecule has 6 heterocycles. The molecule has 0 unspecified atom stereocenters. The summed E-state index contributed by atoms with van der Waals surface area (Å²) in [6.07, 6.45) is 11.0. The highest BCUT2D eigenvalue weighted by Gasteiger charge is 2.48. The van der Waals surface area contributed by atoms with E-state index in [2.05, 4.69) is 44.2 Å². The zero-order valence-electron chi connectivity index (χ0n) is 24.9. The summed E-state index contributed by atoms with van der Waals surface area (Å²) in [5, 5.41) is 5.01. The Morgan fingerprint density at radius 3 is 2.53 bits per heavy atom. The molecule has 0 saturated carbocycles. The number of nitrogens with two attached hydrogens (primary N) is 1. The number of benzene rings is 2. The molecule has 8 nitrogen and oxygen atoms in total. The zero-order chi connectivity index (χ0) is 31.0. The second-order valence-corrected chi connectivity index (χ2v) is 13.0. The number of nitrogen functional groups attached to an aromatic ring is 1. The third kappa shape index (κ3) is 4.44. The number of fused-ring (bicyclic) bond motifs is 5. The lowest BCUT2D eigenvalue weighted by Gasteiger charge is -2.34. The molecule has 0 aliphatic carbocycles. The van der Waals surface area contributed by atoms with Crippen molar-refractivity contribution < 1.29 is 13.5 Å². The summed E-state index contributed by atoms with van der Waals surface area (Å²) >= 11 is 0. The molecule has 10 heteroatoms. The van der Waals surface area contributed by atoms with E-state index >= 15 is 8.78 Å². The second kappa shape index (κ2) is 10.2. The van der Waals surface area contributed by atoms with Gasteiger partial charge in [0, 0.05) is 55.4 Å². The summed E-state index contributed by atoms with van der Waals surface area (Å²) < 4.78 is 39.0. The molecule has 228 valence electrons. The van der Waals surface area contributed by atoms with Gasteiger partial charge in [0.05, 0.1) is 22.2 Å². The van der Waals surface area contributed by atoms with Gasteiger partial charge in [0.2, 0.25) is 0 Å². The van der Waals surface area contributed by atoms with Crippen LogP contribution in [0.2, 0.25) is 0 Å². The van der Waals surface area contributed by atoms with E-state index in [4.69, 9.17) is 21.9 Å². The quantitative estimate of drug-likeness (QED) is 0.187. The molecular weight excluding hydrogens is 572 g/mol. The van der Waals surface area contributed by atoms with Crippen LogP contribution >= 0.6 is 0 Å². The fourth-order valence-corrected chi connectivity index (χ4v) is 7.92. The molecule has 3 N–H and O–H groups in total. The largest absolute Gasteiger partial charge is 0.461 e. The number of aromatic nitrogens is 3. The van der Waals surface area contributed by atoms with Crippen LogP contribution in [0.5, 0.6) is 6.01 Å². The van der Waals surface area contributed by atoms with Crippen molar-refractivity contribution in [1.29, 1.82) is 0 Å². The van der Waals surface area contributed by atoms with Crippen molar-refractivity contribution in [1.82, 2.24) is 25.2 Å². The minimum Gasteiger partial charge on any atom is -0.461 e. The summed E-state index contributed by atoms with van der Waals surface area (Å²) in [5.74, 6) is 1.56. The van der Waals surface area contributed by atoms with E-state index in [0.717, 1.165) is 49.9 Å². The first-order chi connectivity index (χ1) is 21.7. The van der Waals surface area contributed by atoms with Gasteiger partial charge in [0.1, 0.15) is 23.6 Å². The molecular formula is C35H33F2N7O. The summed E-state index contributed by atoms with van der Waals surface area (Å²) in [4.78, 5) is 18.4. The predicted molar refractivity (Wildman–Crippen MR) is 172 cm³/mol. The average Bonchev–Trinajstić information content (AvgIpc) is 3.63. The zero-order valence-corrected chi connectivity index (χ0v) is 24.9. The van der Waals surface area contributed by atoms with Crippen molar-refractivity contribution in [3.05, 3.63) is 72.0 Å². The van der Waals surface area contributed by atoms with E-state index in [1.165, 1.54) is 12.3 Å². The Labute approximate surface area is 260 Å². The summed E-state index contributed by atoms with van der Waals surface area (Å²) in [6.45, 7) is 11.7. The van der Waals surface area contributed by atoms with Crippen LogP contribution in [0.1, 0.15) is 31.2 Å². The summed E-state index contributed by atoms with van der Waals surface area (Å²) in [6, 6.07) is 7.38. The Bertz CT molecular complexity index is 1950. The predicted octanol–water partition coefficient (Wildman–Crippen LogP) is 4.97. The molecule has 4 fully saturated rings. The fourth-order valence-electron chi connectivity index (χ4n) is 7.92. The van der Waals surface area contributed by atoms with Gasteiger partial charge in [-0.2, -0.15) is 9.97 Å². The van der Waals surface area contributed by atoms with Crippen molar-refractivity contribution >= 4 is 33.2 Å². The number of halogens is 2. The Hall–Kier alpha value is -4.59. The van der Waals surface area contributed by atoms with Gasteiger partial charge >= 0.3 is 6.01 Å². The third-order valence-corrected chi connectivity index (χ3v) is 9.81. The van der Waals surface area contributed by atoms with Crippen LogP contribution in [0.25, 0.3) is 32.9 Å². The molecule has 2 bridgehead atoms. The van der Waals surface area contributed by atoms with E-state index in [1.807, 2.05) is 0 Å². The SMILES string of the molecule is C#Cc1cccc2cc(N)c(F)c(-c3ncc4c(N5C[C@H]6CC[C@@H](C5)N6)nc(OCC56CC(=C)CN5CC(=C)C6)nc4c3F)c12. The highest BCUT2D eigenvalue weighted by molar-refractivity contribution is 6.04. The van der Waals surface area contributed by atoms with Crippen molar-refractivity contribution in [2.24, 2.45) is 0 Å². The number of piperazine rings is 1. The van der Waals surface area contributed by atoms with Gasteiger partial charge in [-0.1, -0.05) is 42.4 Å². The Kier molecular flexibility index (Phi) is 6.34. The Morgan fingerprint density at radius 2 is 1.82 bits per heavy atom. The minimum absolute atomic E-state index is 0.0000577. The first-order valence-corrected chi connectivity index (χ1v) is 15.3. The molecule has 0 spiro atoms. The second-order valence-electron chi connectivity index (χ2n) is 13.0. The number of ether oxygens (including phenoxy) is 1.